The molecule has 1 heterocycles. The number of rotatable bonds is 12. The van der Waals surface area contributed by atoms with E-state index in [-0.39, 0.29) is 29.8 Å². The van der Waals surface area contributed by atoms with Crippen molar-refractivity contribution in [2.45, 2.75) is 77.7 Å². The van der Waals surface area contributed by atoms with E-state index in [0.717, 1.165) is 31.4 Å². The molecule has 4 rings (SSSR count). The van der Waals surface area contributed by atoms with Crippen molar-refractivity contribution in [3.05, 3.63) is 77.6 Å². The summed E-state index contributed by atoms with van der Waals surface area (Å²) in [5, 5.41) is 0. The zero-order valence-corrected chi connectivity index (χ0v) is 22.6. The van der Waals surface area contributed by atoms with Crippen molar-refractivity contribution in [2.24, 2.45) is 5.92 Å². The van der Waals surface area contributed by atoms with Gasteiger partial charge >= 0.3 is 0 Å². The average Bonchev–Trinajstić information content (AvgIpc) is 2.94. The SMILES string of the molecule is CCCCCCC1CCC(CCc2ccc(-c3ccc(-c4ccc(OCC)c(F)c4F)cc3)c(F)c2)OC1. The summed E-state index contributed by atoms with van der Waals surface area (Å²) in [6.45, 7) is 5.06. The average molecular weight is 525 g/mol. The number of hydrogen-bond donors (Lipinski definition) is 0. The lowest BCUT2D eigenvalue weighted by Gasteiger charge is -2.29. The third-order valence-corrected chi connectivity index (χ3v) is 7.57. The highest BCUT2D eigenvalue weighted by molar-refractivity contribution is 5.71. The van der Waals surface area contributed by atoms with Crippen molar-refractivity contribution < 1.29 is 22.6 Å². The van der Waals surface area contributed by atoms with Crippen LogP contribution in [0.15, 0.2) is 54.6 Å². The smallest absolute Gasteiger partial charge is 0.201 e. The number of unbranched alkanes of at least 4 members (excludes halogenated alkanes) is 3. The zero-order chi connectivity index (χ0) is 26.9. The van der Waals surface area contributed by atoms with E-state index in [0.29, 0.717) is 22.6 Å². The fourth-order valence-electron chi connectivity index (χ4n) is 5.30. The van der Waals surface area contributed by atoms with Crippen LogP contribution in [0.2, 0.25) is 0 Å². The first-order chi connectivity index (χ1) is 18.5. The summed E-state index contributed by atoms with van der Waals surface area (Å²) in [7, 11) is 0. The molecule has 1 aliphatic heterocycles. The van der Waals surface area contributed by atoms with Crippen molar-refractivity contribution in [3.63, 3.8) is 0 Å². The van der Waals surface area contributed by atoms with Gasteiger partial charge in [0, 0.05) is 17.7 Å². The number of hydrogen-bond acceptors (Lipinski definition) is 2. The molecule has 2 unspecified atom stereocenters. The largest absolute Gasteiger partial charge is 0.491 e. The van der Waals surface area contributed by atoms with E-state index in [1.54, 1.807) is 43.3 Å². The second kappa shape index (κ2) is 13.8. The molecule has 3 aromatic rings. The van der Waals surface area contributed by atoms with Crippen LogP contribution in [0.4, 0.5) is 13.2 Å². The first-order valence-corrected chi connectivity index (χ1v) is 14.1. The fraction of sp³-hybridized carbons (Fsp3) is 0.455. The molecule has 2 nitrogen and oxygen atoms in total. The van der Waals surface area contributed by atoms with Gasteiger partial charge in [-0.05, 0) is 79.8 Å². The Balaban J connectivity index is 1.32. The Morgan fingerprint density at radius 3 is 2.18 bits per heavy atom. The minimum Gasteiger partial charge on any atom is -0.491 e. The molecule has 0 N–H and O–H groups in total. The van der Waals surface area contributed by atoms with Gasteiger partial charge in [0.1, 0.15) is 5.82 Å². The molecule has 5 heteroatoms. The first-order valence-electron chi connectivity index (χ1n) is 14.1. The molecular formula is C33H39F3O2. The van der Waals surface area contributed by atoms with Gasteiger partial charge in [-0.15, -0.1) is 0 Å². The van der Waals surface area contributed by atoms with Gasteiger partial charge in [0.15, 0.2) is 11.6 Å². The van der Waals surface area contributed by atoms with Gasteiger partial charge in [0.25, 0.3) is 0 Å². The van der Waals surface area contributed by atoms with Crippen LogP contribution in [-0.4, -0.2) is 19.3 Å². The molecule has 204 valence electrons. The lowest BCUT2D eigenvalue weighted by Crippen LogP contribution is -2.26. The maximum absolute atomic E-state index is 15.0. The molecule has 1 fully saturated rings. The summed E-state index contributed by atoms with van der Waals surface area (Å²) in [5.74, 6) is -1.66. The molecular weight excluding hydrogens is 485 g/mol. The van der Waals surface area contributed by atoms with E-state index >= 15 is 4.39 Å². The van der Waals surface area contributed by atoms with Crippen LogP contribution < -0.4 is 4.74 Å². The lowest BCUT2D eigenvalue weighted by molar-refractivity contribution is -0.0219. The number of halogens is 3. The van der Waals surface area contributed by atoms with Gasteiger partial charge in [0.2, 0.25) is 5.82 Å². The van der Waals surface area contributed by atoms with Crippen LogP contribution >= 0.6 is 0 Å². The summed E-state index contributed by atoms with van der Waals surface area (Å²) >= 11 is 0. The van der Waals surface area contributed by atoms with E-state index in [2.05, 4.69) is 6.92 Å². The molecule has 0 radical (unpaired) electrons. The van der Waals surface area contributed by atoms with E-state index in [1.165, 1.54) is 50.7 Å². The second-order valence-corrected chi connectivity index (χ2v) is 10.4. The van der Waals surface area contributed by atoms with Crippen molar-refractivity contribution in [2.75, 3.05) is 13.2 Å². The monoisotopic (exact) mass is 524 g/mol. The van der Waals surface area contributed by atoms with E-state index < -0.39 is 11.6 Å². The van der Waals surface area contributed by atoms with Crippen LogP contribution in [0.1, 0.15) is 70.8 Å². The Morgan fingerprint density at radius 1 is 0.789 bits per heavy atom. The molecule has 1 saturated heterocycles. The van der Waals surface area contributed by atoms with Crippen molar-refractivity contribution in [1.29, 1.82) is 0 Å². The van der Waals surface area contributed by atoms with Gasteiger partial charge < -0.3 is 9.47 Å². The number of benzene rings is 3. The highest BCUT2D eigenvalue weighted by Gasteiger charge is 2.21. The molecule has 0 spiro atoms. The number of ether oxygens (including phenoxy) is 2. The number of aryl methyl sites for hydroxylation is 1. The standard InChI is InChI=1S/C33H39F3O2/c1-3-5-6-7-8-24-10-17-27(38-22-24)16-9-23-11-18-28(30(34)21-23)25-12-14-26(15-13-25)29-19-20-31(37-4-2)33(36)32(29)35/h11-15,18-21,24,27H,3-10,16-17,22H2,1-2H3. The molecule has 0 bridgehead atoms. The second-order valence-electron chi connectivity index (χ2n) is 10.4. The van der Waals surface area contributed by atoms with Gasteiger partial charge in [0.05, 0.1) is 12.7 Å². The van der Waals surface area contributed by atoms with Gasteiger partial charge in [-0.3, -0.25) is 0 Å². The maximum atomic E-state index is 15.0. The van der Waals surface area contributed by atoms with Gasteiger partial charge in [-0.25, -0.2) is 8.78 Å². The van der Waals surface area contributed by atoms with E-state index in [1.807, 2.05) is 6.07 Å². The third kappa shape index (κ3) is 7.19. The fourth-order valence-corrected chi connectivity index (χ4v) is 5.30. The Morgan fingerprint density at radius 2 is 1.53 bits per heavy atom. The van der Waals surface area contributed by atoms with Gasteiger partial charge in [-0.1, -0.05) is 69.0 Å². The Bertz CT molecular complexity index is 1170. The summed E-state index contributed by atoms with van der Waals surface area (Å²) in [6, 6.07) is 15.1. The van der Waals surface area contributed by atoms with Crippen LogP contribution in [-0.2, 0) is 11.2 Å². The Hall–Kier alpha value is -2.79. The Kier molecular flexibility index (Phi) is 10.3. The van der Waals surface area contributed by atoms with Crippen LogP contribution in [0.25, 0.3) is 22.3 Å². The highest BCUT2D eigenvalue weighted by Crippen LogP contribution is 2.32. The van der Waals surface area contributed by atoms with Crippen molar-refractivity contribution in [1.82, 2.24) is 0 Å². The highest BCUT2D eigenvalue weighted by atomic mass is 19.2. The molecule has 0 aromatic heterocycles. The predicted octanol–water partition coefficient (Wildman–Crippen LogP) is 9.53. The molecule has 3 aromatic carbocycles. The Labute approximate surface area is 225 Å². The first kappa shape index (κ1) is 28.2. The minimum absolute atomic E-state index is 0.107. The minimum atomic E-state index is -1.00. The summed E-state index contributed by atoms with van der Waals surface area (Å²) in [5.41, 5.74) is 2.78. The summed E-state index contributed by atoms with van der Waals surface area (Å²) in [4.78, 5) is 0. The quantitative estimate of drug-likeness (QED) is 0.220. The van der Waals surface area contributed by atoms with E-state index in [9.17, 15) is 8.78 Å². The molecule has 0 amide bonds. The van der Waals surface area contributed by atoms with Crippen LogP contribution in [0, 0.1) is 23.4 Å². The molecule has 38 heavy (non-hydrogen) atoms. The predicted molar refractivity (Wildman–Crippen MR) is 148 cm³/mol. The molecule has 0 aliphatic carbocycles. The summed E-state index contributed by atoms with van der Waals surface area (Å²) < 4.78 is 55.1. The zero-order valence-electron chi connectivity index (χ0n) is 22.6. The summed E-state index contributed by atoms with van der Waals surface area (Å²) in [6.07, 6.45) is 10.7. The molecule has 1 aliphatic rings. The third-order valence-electron chi connectivity index (χ3n) is 7.57. The maximum Gasteiger partial charge on any atom is 0.201 e. The molecule has 2 atom stereocenters. The van der Waals surface area contributed by atoms with Crippen LogP contribution in [0.5, 0.6) is 5.75 Å². The lowest BCUT2D eigenvalue weighted by atomic mass is 9.91. The van der Waals surface area contributed by atoms with Crippen molar-refractivity contribution >= 4 is 0 Å². The van der Waals surface area contributed by atoms with E-state index in [4.69, 9.17) is 9.47 Å². The van der Waals surface area contributed by atoms with Gasteiger partial charge in [-0.2, -0.15) is 4.39 Å². The van der Waals surface area contributed by atoms with Crippen LogP contribution in [0.3, 0.4) is 0 Å². The normalized spacial score (nSPS) is 17.5. The van der Waals surface area contributed by atoms with Crippen molar-refractivity contribution in [3.8, 4) is 28.0 Å². The molecule has 0 saturated carbocycles. The topological polar surface area (TPSA) is 18.5 Å².